The van der Waals surface area contributed by atoms with Crippen molar-refractivity contribution >= 4 is 11.8 Å². The van der Waals surface area contributed by atoms with Gasteiger partial charge in [-0.2, -0.15) is 0 Å². The number of benzene rings is 1. The number of carbonyl (C=O) groups excluding carboxylic acids is 1. The zero-order chi connectivity index (χ0) is 10.6. The molecule has 0 heterocycles. The number of amides is 1. The van der Waals surface area contributed by atoms with Crippen LogP contribution in [-0.4, -0.2) is 18.1 Å². The van der Waals surface area contributed by atoms with Gasteiger partial charge in [0.05, 0.1) is 4.92 Å². The van der Waals surface area contributed by atoms with Crippen molar-refractivity contribution in [3.63, 3.8) is 0 Å². The van der Waals surface area contributed by atoms with Crippen LogP contribution in [0.1, 0.15) is 0 Å². The number of nitrogens with zero attached hydrogens (tertiary/aromatic N) is 1. The molecule has 1 rings (SSSR count). The molecule has 0 aliphatic rings. The molecular formula is C8H8N2O4. The number of nitrogens with one attached hydrogen (secondary N) is 1. The van der Waals surface area contributed by atoms with Crippen LogP contribution in [0.3, 0.4) is 0 Å². The zero-order valence-corrected chi connectivity index (χ0v) is 7.39. The molecule has 1 aromatic rings. The van der Waals surface area contributed by atoms with Crippen molar-refractivity contribution in [3.05, 3.63) is 34.4 Å². The van der Waals surface area contributed by atoms with Gasteiger partial charge in [0.15, 0.2) is 0 Å². The van der Waals surface area contributed by atoms with Crippen LogP contribution in [-0.2, 0) is 0 Å². The van der Waals surface area contributed by atoms with Crippen LogP contribution in [0.2, 0.25) is 0 Å². The molecule has 0 radical (unpaired) electrons. The Morgan fingerprint density at radius 3 is 2.43 bits per heavy atom. The molecule has 0 aromatic heterocycles. The molecule has 0 spiro atoms. The van der Waals surface area contributed by atoms with E-state index in [1.807, 2.05) is 0 Å². The van der Waals surface area contributed by atoms with Gasteiger partial charge >= 0.3 is 6.09 Å². The third kappa shape index (κ3) is 2.44. The second kappa shape index (κ2) is 4.22. The number of carbonyl (C=O) groups is 1. The Morgan fingerprint density at radius 1 is 1.43 bits per heavy atom. The van der Waals surface area contributed by atoms with Crippen molar-refractivity contribution in [1.82, 2.24) is 5.32 Å². The monoisotopic (exact) mass is 196 g/mol. The maximum absolute atomic E-state index is 10.7. The molecule has 0 bridgehead atoms. The fourth-order valence-corrected chi connectivity index (χ4v) is 0.794. The summed E-state index contributed by atoms with van der Waals surface area (Å²) in [5.74, 6) is 0.259. The highest BCUT2D eigenvalue weighted by Gasteiger charge is 2.06. The average molecular weight is 196 g/mol. The fourth-order valence-electron chi connectivity index (χ4n) is 0.794. The average Bonchev–Trinajstić information content (AvgIpc) is 2.18. The van der Waals surface area contributed by atoms with Crippen LogP contribution in [0.5, 0.6) is 5.75 Å². The summed E-state index contributed by atoms with van der Waals surface area (Å²) in [4.78, 5) is 20.5. The fraction of sp³-hybridized carbons (Fsp3) is 0.125. The first-order valence-corrected chi connectivity index (χ1v) is 3.77. The molecule has 0 saturated heterocycles. The number of ether oxygens (including phenoxy) is 1. The van der Waals surface area contributed by atoms with Crippen molar-refractivity contribution in [2.24, 2.45) is 0 Å². The number of nitro benzene ring substituents is 1. The SMILES string of the molecule is CNC(=O)Oc1ccc([N+](=O)[O-])cc1. The van der Waals surface area contributed by atoms with Gasteiger partial charge in [-0.3, -0.25) is 10.1 Å². The minimum Gasteiger partial charge on any atom is -0.410 e. The van der Waals surface area contributed by atoms with Gasteiger partial charge in [0.25, 0.3) is 5.69 Å². The molecule has 6 nitrogen and oxygen atoms in total. The minimum atomic E-state index is -0.612. The lowest BCUT2D eigenvalue weighted by Gasteiger charge is -2.01. The normalized spacial score (nSPS) is 9.21. The molecule has 0 fully saturated rings. The van der Waals surface area contributed by atoms with Gasteiger partial charge in [0.2, 0.25) is 0 Å². The summed E-state index contributed by atoms with van der Waals surface area (Å²) >= 11 is 0. The van der Waals surface area contributed by atoms with Crippen LogP contribution < -0.4 is 10.1 Å². The van der Waals surface area contributed by atoms with E-state index in [2.05, 4.69) is 5.32 Å². The Kier molecular flexibility index (Phi) is 3.01. The number of rotatable bonds is 2. The van der Waals surface area contributed by atoms with Crippen molar-refractivity contribution in [2.45, 2.75) is 0 Å². The first-order valence-electron chi connectivity index (χ1n) is 3.77. The molecule has 0 aliphatic carbocycles. The number of hydrogen-bond donors (Lipinski definition) is 1. The third-order valence-corrected chi connectivity index (χ3v) is 1.46. The van der Waals surface area contributed by atoms with E-state index in [1.165, 1.54) is 31.3 Å². The standard InChI is InChI=1S/C8H8N2O4/c1-9-8(11)14-7-4-2-6(3-5-7)10(12)13/h2-5H,1H3,(H,9,11). The summed E-state index contributed by atoms with van der Waals surface area (Å²) in [6, 6.07) is 5.23. The highest BCUT2D eigenvalue weighted by Crippen LogP contribution is 2.17. The van der Waals surface area contributed by atoms with Gasteiger partial charge < -0.3 is 10.1 Å². The largest absolute Gasteiger partial charge is 0.412 e. The summed E-state index contributed by atoms with van der Waals surface area (Å²) in [6.45, 7) is 0. The molecule has 1 aromatic carbocycles. The van der Waals surface area contributed by atoms with Crippen LogP contribution in [0.25, 0.3) is 0 Å². The molecule has 6 heteroatoms. The Morgan fingerprint density at radius 2 is 2.00 bits per heavy atom. The van der Waals surface area contributed by atoms with Crippen molar-refractivity contribution in [1.29, 1.82) is 0 Å². The van der Waals surface area contributed by atoms with E-state index in [1.54, 1.807) is 0 Å². The number of non-ortho nitro benzene ring substituents is 1. The molecule has 0 unspecified atom stereocenters. The summed E-state index contributed by atoms with van der Waals surface area (Å²) in [6.07, 6.45) is -0.612. The number of nitro groups is 1. The lowest BCUT2D eigenvalue weighted by atomic mass is 10.3. The van der Waals surface area contributed by atoms with Gasteiger partial charge in [0.1, 0.15) is 5.75 Å². The van der Waals surface area contributed by atoms with E-state index in [0.29, 0.717) is 0 Å². The summed E-state index contributed by atoms with van der Waals surface area (Å²) < 4.78 is 4.73. The van der Waals surface area contributed by atoms with Crippen molar-refractivity contribution < 1.29 is 14.5 Å². The summed E-state index contributed by atoms with van der Waals surface area (Å²) in [5, 5.41) is 12.5. The zero-order valence-electron chi connectivity index (χ0n) is 7.39. The lowest BCUT2D eigenvalue weighted by Crippen LogP contribution is -2.21. The molecule has 0 atom stereocenters. The Balaban J connectivity index is 2.73. The van der Waals surface area contributed by atoms with Crippen molar-refractivity contribution in [3.8, 4) is 5.75 Å². The Labute approximate surface area is 79.6 Å². The van der Waals surface area contributed by atoms with Crippen LogP contribution in [0.4, 0.5) is 10.5 Å². The summed E-state index contributed by atoms with van der Waals surface area (Å²) in [5.41, 5.74) is -0.0470. The predicted octanol–water partition coefficient (Wildman–Crippen LogP) is 1.31. The number of hydrogen-bond acceptors (Lipinski definition) is 4. The third-order valence-electron chi connectivity index (χ3n) is 1.46. The molecule has 14 heavy (non-hydrogen) atoms. The maximum atomic E-state index is 10.7. The second-order valence-corrected chi connectivity index (χ2v) is 2.39. The van der Waals surface area contributed by atoms with Gasteiger partial charge in [-0.25, -0.2) is 4.79 Å². The Bertz CT molecular complexity index is 347. The molecule has 0 saturated carbocycles. The van der Waals surface area contributed by atoms with E-state index in [4.69, 9.17) is 4.74 Å². The smallest absolute Gasteiger partial charge is 0.410 e. The Hall–Kier alpha value is -2.11. The lowest BCUT2D eigenvalue weighted by molar-refractivity contribution is -0.384. The van der Waals surface area contributed by atoms with Gasteiger partial charge in [-0.1, -0.05) is 0 Å². The first kappa shape index (κ1) is 9.97. The van der Waals surface area contributed by atoms with E-state index < -0.39 is 11.0 Å². The summed E-state index contributed by atoms with van der Waals surface area (Å²) in [7, 11) is 1.42. The van der Waals surface area contributed by atoms with E-state index in [0.717, 1.165) is 0 Å². The molecular weight excluding hydrogens is 188 g/mol. The van der Waals surface area contributed by atoms with Gasteiger partial charge in [0, 0.05) is 19.2 Å². The van der Waals surface area contributed by atoms with Crippen LogP contribution in [0, 0.1) is 10.1 Å². The maximum Gasteiger partial charge on any atom is 0.412 e. The van der Waals surface area contributed by atoms with Crippen LogP contribution >= 0.6 is 0 Å². The quantitative estimate of drug-likeness (QED) is 0.571. The van der Waals surface area contributed by atoms with Crippen LogP contribution in [0.15, 0.2) is 24.3 Å². The minimum absolute atomic E-state index is 0.0470. The molecule has 0 aliphatic heterocycles. The van der Waals surface area contributed by atoms with E-state index in [-0.39, 0.29) is 11.4 Å². The van der Waals surface area contributed by atoms with E-state index in [9.17, 15) is 14.9 Å². The van der Waals surface area contributed by atoms with Gasteiger partial charge in [-0.05, 0) is 12.1 Å². The predicted molar refractivity (Wildman–Crippen MR) is 48.2 cm³/mol. The van der Waals surface area contributed by atoms with Gasteiger partial charge in [-0.15, -0.1) is 0 Å². The second-order valence-electron chi connectivity index (χ2n) is 2.39. The molecule has 74 valence electrons. The highest BCUT2D eigenvalue weighted by atomic mass is 16.6. The van der Waals surface area contributed by atoms with E-state index >= 15 is 0 Å². The topological polar surface area (TPSA) is 81.5 Å². The first-order chi connectivity index (χ1) is 6.63. The highest BCUT2D eigenvalue weighted by molar-refractivity contribution is 5.69. The van der Waals surface area contributed by atoms with Crippen molar-refractivity contribution in [2.75, 3.05) is 7.05 Å². The molecule has 1 amide bonds. The molecule has 1 N–H and O–H groups in total.